The number of carbonyl (C=O) groups excluding carboxylic acids is 1. The van der Waals surface area contributed by atoms with Crippen molar-refractivity contribution in [2.24, 2.45) is 0 Å². The predicted molar refractivity (Wildman–Crippen MR) is 96.5 cm³/mol. The fraction of sp³-hybridized carbons (Fsp3) is 0.350. The summed E-state index contributed by atoms with van der Waals surface area (Å²) in [4.78, 5) is 12.1. The molecule has 126 valence electrons. The van der Waals surface area contributed by atoms with Crippen LogP contribution in [0.25, 0.3) is 0 Å². The predicted octanol–water partition coefficient (Wildman–Crippen LogP) is 4.34. The highest BCUT2D eigenvalue weighted by Gasteiger charge is 2.15. The average molecular weight is 324 g/mol. The third-order valence-electron chi connectivity index (χ3n) is 4.27. The van der Waals surface area contributed by atoms with E-state index in [9.17, 15) is 4.79 Å². The van der Waals surface area contributed by atoms with Crippen LogP contribution in [0.1, 0.15) is 32.1 Å². The maximum absolute atomic E-state index is 12.1. The number of ether oxygens (including phenoxy) is 1. The summed E-state index contributed by atoms with van der Waals surface area (Å²) < 4.78 is 5.90. The molecule has 2 N–H and O–H groups in total. The molecule has 0 radical (unpaired) electrons. The van der Waals surface area contributed by atoms with E-state index in [1.165, 1.54) is 19.3 Å². The van der Waals surface area contributed by atoms with Gasteiger partial charge in [-0.05, 0) is 37.1 Å². The topological polar surface area (TPSA) is 50.4 Å². The molecule has 3 rings (SSSR count). The third kappa shape index (κ3) is 4.75. The molecule has 0 spiro atoms. The first-order valence-electron chi connectivity index (χ1n) is 8.66. The van der Waals surface area contributed by atoms with Crippen molar-refractivity contribution in [1.29, 1.82) is 0 Å². The molecule has 0 bridgehead atoms. The first kappa shape index (κ1) is 16.4. The lowest BCUT2D eigenvalue weighted by Crippen LogP contribution is -2.39. The van der Waals surface area contributed by atoms with E-state index in [-0.39, 0.29) is 12.5 Å². The Morgan fingerprint density at radius 1 is 0.958 bits per heavy atom. The summed E-state index contributed by atoms with van der Waals surface area (Å²) in [6.07, 6.45) is 5.91. The van der Waals surface area contributed by atoms with Gasteiger partial charge in [-0.15, -0.1) is 0 Å². The van der Waals surface area contributed by atoms with Gasteiger partial charge < -0.3 is 15.4 Å². The zero-order chi connectivity index (χ0) is 16.6. The van der Waals surface area contributed by atoms with E-state index in [1.807, 2.05) is 54.6 Å². The van der Waals surface area contributed by atoms with E-state index >= 15 is 0 Å². The van der Waals surface area contributed by atoms with Gasteiger partial charge in [0.1, 0.15) is 5.75 Å². The van der Waals surface area contributed by atoms with Crippen LogP contribution in [0.15, 0.2) is 54.6 Å². The molecule has 1 aliphatic rings. The number of rotatable bonds is 6. The van der Waals surface area contributed by atoms with Gasteiger partial charge in [0.05, 0.1) is 12.2 Å². The molecule has 0 aliphatic heterocycles. The van der Waals surface area contributed by atoms with Gasteiger partial charge in [0.25, 0.3) is 0 Å². The standard InChI is InChI=1S/C20H24N2O2/c23-20(22-16-9-3-1-4-10-16)15-21-18-13-7-8-14-19(18)24-17-11-5-2-6-12-17/h2,5-8,11-14,16,21H,1,3-4,9-10,15H2,(H,22,23). The van der Waals surface area contributed by atoms with Crippen LogP contribution in [0.3, 0.4) is 0 Å². The molecule has 1 aliphatic carbocycles. The summed E-state index contributed by atoms with van der Waals surface area (Å²) in [5, 5.41) is 6.30. The van der Waals surface area contributed by atoms with Crippen LogP contribution in [0.2, 0.25) is 0 Å². The van der Waals surface area contributed by atoms with Crippen LogP contribution < -0.4 is 15.4 Å². The average Bonchev–Trinajstić information content (AvgIpc) is 2.63. The number of carbonyl (C=O) groups is 1. The summed E-state index contributed by atoms with van der Waals surface area (Å²) >= 11 is 0. The summed E-state index contributed by atoms with van der Waals surface area (Å²) in [5.41, 5.74) is 0.820. The van der Waals surface area contributed by atoms with E-state index < -0.39 is 0 Å². The van der Waals surface area contributed by atoms with Crippen LogP contribution in [0, 0.1) is 0 Å². The molecule has 24 heavy (non-hydrogen) atoms. The molecule has 0 aromatic heterocycles. The minimum absolute atomic E-state index is 0.0383. The van der Waals surface area contributed by atoms with E-state index in [0.717, 1.165) is 24.3 Å². The van der Waals surface area contributed by atoms with Crippen molar-refractivity contribution in [1.82, 2.24) is 5.32 Å². The van der Waals surface area contributed by atoms with Crippen LogP contribution >= 0.6 is 0 Å². The summed E-state index contributed by atoms with van der Waals surface area (Å²) in [6.45, 7) is 0.256. The monoisotopic (exact) mass is 324 g/mol. The van der Waals surface area contributed by atoms with Gasteiger partial charge in [-0.2, -0.15) is 0 Å². The number of nitrogens with one attached hydrogen (secondary N) is 2. The second-order valence-electron chi connectivity index (χ2n) is 6.17. The Hall–Kier alpha value is -2.49. The van der Waals surface area contributed by atoms with Gasteiger partial charge in [-0.3, -0.25) is 4.79 Å². The van der Waals surface area contributed by atoms with Gasteiger partial charge in [0, 0.05) is 6.04 Å². The fourth-order valence-corrected chi connectivity index (χ4v) is 3.02. The zero-order valence-corrected chi connectivity index (χ0v) is 13.8. The first-order valence-corrected chi connectivity index (χ1v) is 8.66. The molecule has 4 nitrogen and oxygen atoms in total. The number of hydrogen-bond donors (Lipinski definition) is 2. The zero-order valence-electron chi connectivity index (χ0n) is 13.8. The Balaban J connectivity index is 1.55. The highest BCUT2D eigenvalue weighted by Crippen LogP contribution is 2.28. The van der Waals surface area contributed by atoms with Gasteiger partial charge in [0.15, 0.2) is 5.75 Å². The maximum Gasteiger partial charge on any atom is 0.239 e. The molecule has 0 unspecified atom stereocenters. The number of benzene rings is 2. The van der Waals surface area contributed by atoms with E-state index in [0.29, 0.717) is 11.8 Å². The van der Waals surface area contributed by atoms with Crippen molar-refractivity contribution in [3.8, 4) is 11.5 Å². The molecule has 2 aromatic rings. The highest BCUT2D eigenvalue weighted by atomic mass is 16.5. The second-order valence-corrected chi connectivity index (χ2v) is 6.17. The Kier molecular flexibility index (Phi) is 5.72. The molecule has 1 fully saturated rings. The number of hydrogen-bond acceptors (Lipinski definition) is 3. The maximum atomic E-state index is 12.1. The summed E-state index contributed by atoms with van der Waals surface area (Å²) in [6, 6.07) is 17.6. The third-order valence-corrected chi connectivity index (χ3v) is 4.27. The molecule has 0 saturated heterocycles. The molecular formula is C20H24N2O2. The highest BCUT2D eigenvalue weighted by molar-refractivity contribution is 5.81. The van der Waals surface area contributed by atoms with Crippen molar-refractivity contribution in [2.75, 3.05) is 11.9 Å². The molecule has 0 atom stereocenters. The van der Waals surface area contributed by atoms with Crippen molar-refractivity contribution in [3.05, 3.63) is 54.6 Å². The van der Waals surface area contributed by atoms with Crippen molar-refractivity contribution < 1.29 is 9.53 Å². The van der Waals surface area contributed by atoms with Crippen LogP contribution in [0.5, 0.6) is 11.5 Å². The Bertz CT molecular complexity index is 652. The Morgan fingerprint density at radius 2 is 1.67 bits per heavy atom. The van der Waals surface area contributed by atoms with Gasteiger partial charge in [-0.1, -0.05) is 49.6 Å². The van der Waals surface area contributed by atoms with E-state index in [2.05, 4.69) is 10.6 Å². The molecular weight excluding hydrogens is 300 g/mol. The lowest BCUT2D eigenvalue weighted by atomic mass is 9.95. The number of amides is 1. The van der Waals surface area contributed by atoms with Gasteiger partial charge >= 0.3 is 0 Å². The quantitative estimate of drug-likeness (QED) is 0.831. The molecule has 0 heterocycles. The summed E-state index contributed by atoms with van der Waals surface area (Å²) in [5.74, 6) is 1.53. The van der Waals surface area contributed by atoms with Crippen LogP contribution in [-0.2, 0) is 4.79 Å². The lowest BCUT2D eigenvalue weighted by Gasteiger charge is -2.23. The van der Waals surface area contributed by atoms with Crippen LogP contribution in [0.4, 0.5) is 5.69 Å². The largest absolute Gasteiger partial charge is 0.455 e. The van der Waals surface area contributed by atoms with Crippen LogP contribution in [-0.4, -0.2) is 18.5 Å². The molecule has 1 amide bonds. The van der Waals surface area contributed by atoms with E-state index in [4.69, 9.17) is 4.74 Å². The second kappa shape index (κ2) is 8.39. The van der Waals surface area contributed by atoms with Crippen molar-refractivity contribution >= 4 is 11.6 Å². The minimum atomic E-state index is 0.0383. The van der Waals surface area contributed by atoms with Gasteiger partial charge in [-0.25, -0.2) is 0 Å². The first-order chi connectivity index (χ1) is 11.8. The van der Waals surface area contributed by atoms with Crippen molar-refractivity contribution in [2.45, 2.75) is 38.1 Å². The Morgan fingerprint density at radius 3 is 2.46 bits per heavy atom. The number of anilines is 1. The van der Waals surface area contributed by atoms with Crippen molar-refractivity contribution in [3.63, 3.8) is 0 Å². The molecule has 1 saturated carbocycles. The summed E-state index contributed by atoms with van der Waals surface area (Å²) in [7, 11) is 0. The molecule has 2 aromatic carbocycles. The van der Waals surface area contributed by atoms with Gasteiger partial charge in [0.2, 0.25) is 5.91 Å². The minimum Gasteiger partial charge on any atom is -0.455 e. The van der Waals surface area contributed by atoms with E-state index in [1.54, 1.807) is 0 Å². The number of para-hydroxylation sites is 3. The SMILES string of the molecule is O=C(CNc1ccccc1Oc1ccccc1)NC1CCCCC1. The Labute approximate surface area is 143 Å². The smallest absolute Gasteiger partial charge is 0.239 e. The normalized spacial score (nSPS) is 14.8. The fourth-order valence-electron chi connectivity index (χ4n) is 3.02. The lowest BCUT2D eigenvalue weighted by molar-refractivity contribution is -0.120. The molecule has 4 heteroatoms.